The van der Waals surface area contributed by atoms with Gasteiger partial charge in [-0.05, 0) is 97.3 Å². The van der Waals surface area contributed by atoms with Gasteiger partial charge in [-0.2, -0.15) is 18.2 Å². The Morgan fingerprint density at radius 3 is 2.14 bits per heavy atom. The van der Waals surface area contributed by atoms with Gasteiger partial charge in [0.15, 0.2) is 0 Å². The minimum Gasteiger partial charge on any atom is -0.510 e. The van der Waals surface area contributed by atoms with Crippen molar-refractivity contribution in [2.24, 2.45) is 0 Å². The first-order valence-electron chi connectivity index (χ1n) is 26.9. The fraction of sp³-hybridized carbons (Fsp3) is 0.200. The van der Waals surface area contributed by atoms with Crippen LogP contribution in [-0.2, 0) is 37.3 Å². The molecule has 0 atom stereocenters. The second-order valence-electron chi connectivity index (χ2n) is 19.2. The first-order valence-corrected chi connectivity index (χ1v) is 21.9. The number of aromatic nitrogens is 4. The van der Waals surface area contributed by atoms with E-state index in [-0.39, 0.29) is 54.4 Å². The zero-order chi connectivity index (χ0) is 53.4. The third-order valence-electron chi connectivity index (χ3n) is 13.0. The Kier molecular flexibility index (Phi) is 8.20. The number of imidazole rings is 1. The van der Waals surface area contributed by atoms with Crippen LogP contribution in [0.4, 0.5) is 0 Å². The molecule has 0 aliphatic heterocycles. The number of ether oxygens (including phenoxy) is 1. The van der Waals surface area contributed by atoms with Gasteiger partial charge in [-0.3, -0.25) is 4.57 Å². The predicted molar refractivity (Wildman–Crippen MR) is 265 cm³/mol. The van der Waals surface area contributed by atoms with Gasteiger partial charge in [0.25, 0.3) is 6.33 Å². The molecule has 0 N–H and O–H groups in total. The first kappa shape index (κ1) is 33.0. The van der Waals surface area contributed by atoms with E-state index in [1.54, 1.807) is 15.2 Å². The summed E-state index contributed by atoms with van der Waals surface area (Å²) in [5.41, 5.74) is 5.37. The van der Waals surface area contributed by atoms with Gasteiger partial charge >= 0.3 is 0 Å². The summed E-state index contributed by atoms with van der Waals surface area (Å²) >= 11 is 0. The standard InChI is InChI=1S/C60H52N4O.Pt/c1-58(2,3)42-31-34-61-54(35-42)64-50-26-15-14-25-46(50)47-30-29-45(37-53(47)64)65-44-24-18-23-43(36-44)62-39-63(52-28-17-16-27-51(52)62)57-48(40-19-10-8-11-20-40)38-49-56(55(57)41-21-12-9-13-22-41)60(6,7)33-32-59(49,4)5;/h8-31,34-35,38H,32-33H2,1-7H3;/q-2;/i8D,9D,10D,11D,12D,13D,19D,20D,21D,22D;. The molecule has 66 heavy (non-hydrogen) atoms. The summed E-state index contributed by atoms with van der Waals surface area (Å²) < 4.78 is 103. The van der Waals surface area contributed by atoms with E-state index in [4.69, 9.17) is 17.9 Å². The molecule has 3 aromatic heterocycles. The fourth-order valence-electron chi connectivity index (χ4n) is 9.55. The van der Waals surface area contributed by atoms with E-state index in [9.17, 15) is 5.48 Å². The molecule has 0 bridgehead atoms. The van der Waals surface area contributed by atoms with E-state index in [1.165, 1.54) is 0 Å². The Morgan fingerprint density at radius 1 is 0.697 bits per heavy atom. The smallest absolute Gasteiger partial charge is 0.268 e. The Morgan fingerprint density at radius 2 is 1.38 bits per heavy atom. The molecule has 0 saturated heterocycles. The van der Waals surface area contributed by atoms with Crippen molar-refractivity contribution in [3.05, 3.63) is 199 Å². The van der Waals surface area contributed by atoms with Crippen LogP contribution in [0.5, 0.6) is 11.5 Å². The summed E-state index contributed by atoms with van der Waals surface area (Å²) in [6.45, 7) is 14.8. The molecular formula is C60H52N4OPt-2. The molecule has 10 aromatic rings. The van der Waals surface area contributed by atoms with Crippen molar-refractivity contribution in [1.29, 1.82) is 0 Å². The number of hydrogen-bond donors (Lipinski definition) is 0. The summed E-state index contributed by atoms with van der Waals surface area (Å²) in [6, 6.07) is 33.1. The molecule has 5 nitrogen and oxygen atoms in total. The van der Waals surface area contributed by atoms with Gasteiger partial charge < -0.3 is 13.9 Å². The molecule has 3 heterocycles. The maximum absolute atomic E-state index is 9.53. The molecule has 330 valence electrons. The van der Waals surface area contributed by atoms with Gasteiger partial charge in [-0.25, -0.2) is 4.98 Å². The van der Waals surface area contributed by atoms with Crippen molar-refractivity contribution in [2.75, 3.05) is 0 Å². The van der Waals surface area contributed by atoms with Crippen molar-refractivity contribution in [3.8, 4) is 50.9 Å². The fourth-order valence-corrected chi connectivity index (χ4v) is 9.55. The van der Waals surface area contributed by atoms with Gasteiger partial charge in [0.2, 0.25) is 0 Å². The van der Waals surface area contributed by atoms with Crippen molar-refractivity contribution in [3.63, 3.8) is 0 Å². The van der Waals surface area contributed by atoms with Gasteiger partial charge in [-0.15, -0.1) is 29.7 Å². The maximum Gasteiger partial charge on any atom is 0.268 e. The van der Waals surface area contributed by atoms with Crippen LogP contribution in [0.3, 0.4) is 0 Å². The van der Waals surface area contributed by atoms with Crippen LogP contribution < -0.4 is 9.30 Å². The van der Waals surface area contributed by atoms with Gasteiger partial charge in [0.05, 0.1) is 30.4 Å². The third kappa shape index (κ3) is 7.38. The summed E-state index contributed by atoms with van der Waals surface area (Å²) in [5.74, 6) is 1.57. The number of rotatable bonds is 7. The Balaban J connectivity index is 0.00000657. The van der Waals surface area contributed by atoms with Crippen LogP contribution in [0.15, 0.2) is 164 Å². The quantitative estimate of drug-likeness (QED) is 0.118. The summed E-state index contributed by atoms with van der Waals surface area (Å²) in [4.78, 5) is 4.82. The SMILES string of the molecule is [2H]c1c([2H])c([2H])c(-c2cc3c(c(-c4c([2H])c([2H])c([2H])c([2H])c4[2H])c2-[n+]2[c-]n(-c4[c-]c(Oc5[c-]c6c(cc5)c5ccccc5n6-c5cc(C(C)(C)C)ccn5)ccc4)c4ccccc42)C(C)(C)CCC3(C)C)c([2H])c1[2H].[Pt]. The van der Waals surface area contributed by atoms with Crippen LogP contribution in [0.1, 0.15) is 91.7 Å². The Hall–Kier alpha value is -6.55. The van der Waals surface area contributed by atoms with E-state index in [1.807, 2.05) is 79.0 Å². The minimum atomic E-state index is -0.643. The summed E-state index contributed by atoms with van der Waals surface area (Å²) in [5, 5.41) is 2.03. The van der Waals surface area contributed by atoms with E-state index in [0.717, 1.165) is 50.7 Å². The third-order valence-corrected chi connectivity index (χ3v) is 13.0. The molecule has 0 unspecified atom stereocenters. The maximum atomic E-state index is 9.53. The van der Waals surface area contributed by atoms with Crippen molar-refractivity contribution in [2.45, 2.75) is 77.6 Å². The molecule has 0 spiro atoms. The summed E-state index contributed by atoms with van der Waals surface area (Å²) in [6.07, 6.45) is 6.78. The van der Waals surface area contributed by atoms with Crippen LogP contribution in [0, 0.1) is 18.5 Å². The van der Waals surface area contributed by atoms with Gasteiger partial charge in [-0.1, -0.05) is 163 Å². The second-order valence-corrected chi connectivity index (χ2v) is 19.2. The van der Waals surface area contributed by atoms with Crippen molar-refractivity contribution < 1.29 is 44.1 Å². The Labute approximate surface area is 416 Å². The van der Waals surface area contributed by atoms with E-state index >= 15 is 0 Å². The first-order chi connectivity index (χ1) is 35.5. The predicted octanol–water partition coefficient (Wildman–Crippen LogP) is 14.6. The normalized spacial score (nSPS) is 16.4. The summed E-state index contributed by atoms with van der Waals surface area (Å²) in [7, 11) is 0. The molecule has 1 aliphatic rings. The van der Waals surface area contributed by atoms with Gasteiger partial charge in [0.1, 0.15) is 5.82 Å². The topological polar surface area (TPSA) is 35.9 Å². The number of fused-ring (bicyclic) bond motifs is 5. The monoisotopic (exact) mass is 1050 g/mol. The molecule has 11 rings (SSSR count). The Bertz CT molecular complexity index is 4000. The van der Waals surface area contributed by atoms with Crippen LogP contribution in [0.2, 0.25) is 0 Å². The zero-order valence-electron chi connectivity index (χ0n) is 47.7. The molecule has 0 fully saturated rings. The average molecular weight is 1050 g/mol. The number of para-hydroxylation sites is 3. The molecule has 0 saturated carbocycles. The number of nitrogens with zero attached hydrogens (tertiary/aromatic N) is 4. The molecule has 6 heteroatoms. The largest absolute Gasteiger partial charge is 0.510 e. The minimum absolute atomic E-state index is 0. The molecule has 1 aliphatic carbocycles. The van der Waals surface area contributed by atoms with Gasteiger partial charge in [0, 0.05) is 44.3 Å². The van der Waals surface area contributed by atoms with Crippen LogP contribution >= 0.6 is 0 Å². The second kappa shape index (κ2) is 16.4. The molecule has 7 aromatic carbocycles. The zero-order valence-corrected chi connectivity index (χ0v) is 40.0. The number of pyridine rings is 1. The van der Waals surface area contributed by atoms with Crippen molar-refractivity contribution in [1.82, 2.24) is 14.1 Å². The number of benzene rings is 7. The van der Waals surface area contributed by atoms with Crippen LogP contribution in [0.25, 0.3) is 72.3 Å². The molecular weight excluding hydrogens is 988 g/mol. The van der Waals surface area contributed by atoms with E-state index < -0.39 is 71.3 Å². The van der Waals surface area contributed by atoms with Crippen molar-refractivity contribution >= 4 is 32.8 Å². The number of hydrogen-bond acceptors (Lipinski definition) is 2. The average Bonchev–Trinajstić information content (AvgIpc) is 3.93. The van der Waals surface area contributed by atoms with E-state index in [2.05, 4.69) is 89.7 Å². The van der Waals surface area contributed by atoms with Crippen LogP contribution in [-0.4, -0.2) is 14.1 Å². The van der Waals surface area contributed by atoms with E-state index in [0.29, 0.717) is 34.6 Å². The molecule has 0 radical (unpaired) electrons. The molecule has 0 amide bonds.